The van der Waals surface area contributed by atoms with Gasteiger partial charge in [-0.3, -0.25) is 4.79 Å². The van der Waals surface area contributed by atoms with Crippen LogP contribution < -0.4 is 21.3 Å². The zero-order chi connectivity index (χ0) is 52.4. The molecule has 18 nitrogen and oxygen atoms in total. The van der Waals surface area contributed by atoms with Crippen LogP contribution in [0.15, 0.2) is 24.3 Å². The summed E-state index contributed by atoms with van der Waals surface area (Å²) in [4.78, 5) is 43.5. The molecule has 0 aromatic heterocycles. The average Bonchev–Trinajstić information content (AvgIpc) is 3.17. The van der Waals surface area contributed by atoms with Gasteiger partial charge < -0.3 is 74.8 Å². The molecule has 7 N–H and O–H groups in total. The van der Waals surface area contributed by atoms with Gasteiger partial charge >= 0.3 is 12.2 Å². The molecule has 2 aliphatic heterocycles. The number of aliphatic hydroxyl groups is 3. The molecule has 18 heteroatoms. The SMILES string of the molecule is C=C(OC(C)(C)C)N(C)[C@@H]1[C@@H](C)C(O[C@@H]2[C@@H](O)[C@H](CC[C@H]3OC(CNCC(O)CO)=CC[C@H]3NC(=O)CC(C)(C)C)[C@@H](NC(=O)OC(C)(C)C)C[C@H]2NCCN(C)C(=O)OC(C)(C)C)OCC1(C)C. The molecule has 1 aliphatic carbocycles. The first-order valence-electron chi connectivity index (χ1n) is 25.0. The van der Waals surface area contributed by atoms with E-state index in [-0.39, 0.29) is 54.4 Å². The number of aliphatic hydroxyl groups excluding tert-OH is 3. The lowest BCUT2D eigenvalue weighted by Gasteiger charge is -2.53. The van der Waals surface area contributed by atoms with Crippen LogP contribution in [0.4, 0.5) is 9.59 Å². The van der Waals surface area contributed by atoms with Gasteiger partial charge in [-0.15, -0.1) is 0 Å². The first kappa shape index (κ1) is 59.9. The summed E-state index contributed by atoms with van der Waals surface area (Å²) in [5, 5.41) is 45.1. The van der Waals surface area contributed by atoms with Gasteiger partial charge in [0.25, 0.3) is 0 Å². The van der Waals surface area contributed by atoms with Gasteiger partial charge in [0.05, 0.1) is 38.0 Å². The number of nitrogens with zero attached hydrogens (tertiary/aromatic N) is 2. The molecule has 2 heterocycles. The van der Waals surface area contributed by atoms with Gasteiger partial charge in [0.2, 0.25) is 5.91 Å². The Kier molecular flexibility index (Phi) is 21.6. The van der Waals surface area contributed by atoms with Crippen LogP contribution in [0, 0.1) is 22.7 Å². The fraction of sp³-hybridized carbons (Fsp3) is 0.863. The number of hydrogen-bond acceptors (Lipinski definition) is 15. The summed E-state index contributed by atoms with van der Waals surface area (Å²) in [6.07, 6.45) is -1.61. The second-order valence-electron chi connectivity index (χ2n) is 24.4. The van der Waals surface area contributed by atoms with Crippen LogP contribution >= 0.6 is 0 Å². The summed E-state index contributed by atoms with van der Waals surface area (Å²) in [6, 6.07) is -1.70. The standard InChI is InChI=1S/C51H94N6O12/c1-31-43(57(18)32(2)67-48(6,7)8)51(15,16)30-64-44(31)66-42-38(53-23-24-56(17)46(63)69-50(12,13)14)25-37(55-45(62)68-49(9,10)11)35(41(42)61)20-22-39-36(54-40(60)26-47(3,4)5)21-19-34(65-39)28-52-27-33(59)29-58/h19,31,33,35-39,41-44,52-53,58-59,61H,2,20-30H2,1,3-18H3,(H,54,60)(H,55,62)/t31-,33?,35-,36-,37+,38-,39-,41+,42+,43-,44?/m1/s1. The van der Waals surface area contributed by atoms with Crippen molar-refractivity contribution < 1.29 is 58.1 Å². The molecule has 1 saturated carbocycles. The van der Waals surface area contributed by atoms with Crippen molar-refractivity contribution in [3.8, 4) is 0 Å². The lowest BCUT2D eigenvalue weighted by molar-refractivity contribution is -0.277. The van der Waals surface area contributed by atoms with E-state index in [1.54, 1.807) is 27.8 Å². The molecule has 11 atom stereocenters. The maximum atomic E-state index is 13.6. The molecule has 2 fully saturated rings. The minimum Gasteiger partial charge on any atom is -0.492 e. The normalized spacial score (nSPS) is 28.0. The topological polar surface area (TPSA) is 222 Å². The second-order valence-corrected chi connectivity index (χ2v) is 24.4. The molecule has 0 bridgehead atoms. The molecule has 0 aromatic carbocycles. The van der Waals surface area contributed by atoms with Crippen molar-refractivity contribution in [3.63, 3.8) is 0 Å². The van der Waals surface area contributed by atoms with Crippen LogP contribution in [0.25, 0.3) is 0 Å². The van der Waals surface area contributed by atoms with Crippen LogP contribution in [0.5, 0.6) is 0 Å². The molecule has 400 valence electrons. The molecule has 3 rings (SSSR count). The van der Waals surface area contributed by atoms with E-state index in [0.717, 1.165) is 0 Å². The minimum absolute atomic E-state index is 0.105. The smallest absolute Gasteiger partial charge is 0.410 e. The maximum absolute atomic E-state index is 13.6. The second kappa shape index (κ2) is 24.8. The molecule has 69 heavy (non-hydrogen) atoms. The Labute approximate surface area is 414 Å². The predicted octanol–water partition coefficient (Wildman–Crippen LogP) is 5.39. The van der Waals surface area contributed by atoms with E-state index < -0.39 is 77.7 Å². The van der Waals surface area contributed by atoms with Crippen molar-refractivity contribution in [1.82, 2.24) is 31.1 Å². The zero-order valence-electron chi connectivity index (χ0n) is 45.3. The van der Waals surface area contributed by atoms with E-state index in [1.807, 2.05) is 80.3 Å². The maximum Gasteiger partial charge on any atom is 0.410 e. The molecular weight excluding hydrogens is 889 g/mol. The molecule has 2 unspecified atom stereocenters. The van der Waals surface area contributed by atoms with Crippen LogP contribution in [0.3, 0.4) is 0 Å². The van der Waals surface area contributed by atoms with E-state index in [1.165, 1.54) is 4.90 Å². The van der Waals surface area contributed by atoms with Crippen molar-refractivity contribution in [1.29, 1.82) is 0 Å². The van der Waals surface area contributed by atoms with E-state index in [2.05, 4.69) is 48.6 Å². The average molecular weight is 983 g/mol. The fourth-order valence-corrected chi connectivity index (χ4v) is 9.48. The Bertz CT molecular complexity index is 1700. The zero-order valence-corrected chi connectivity index (χ0v) is 45.3. The first-order chi connectivity index (χ1) is 31.6. The number of carbonyl (C=O) groups is 3. The number of alkyl carbamates (subject to hydrolysis) is 1. The third-order valence-electron chi connectivity index (χ3n) is 12.4. The third-order valence-corrected chi connectivity index (χ3v) is 12.4. The van der Waals surface area contributed by atoms with Crippen LogP contribution in [-0.2, 0) is 33.2 Å². The van der Waals surface area contributed by atoms with Crippen molar-refractivity contribution >= 4 is 18.1 Å². The van der Waals surface area contributed by atoms with Crippen molar-refractivity contribution in [2.75, 3.05) is 53.5 Å². The predicted molar refractivity (Wildman–Crippen MR) is 266 cm³/mol. The first-order valence-corrected chi connectivity index (χ1v) is 25.0. The Balaban J connectivity index is 2.05. The summed E-state index contributed by atoms with van der Waals surface area (Å²) in [5.41, 5.74) is -2.54. The Morgan fingerprint density at radius 1 is 0.913 bits per heavy atom. The van der Waals surface area contributed by atoms with E-state index in [0.29, 0.717) is 63.4 Å². The number of rotatable bonds is 20. The summed E-state index contributed by atoms with van der Waals surface area (Å²) in [6.45, 7) is 34.4. The Hall–Kier alpha value is -3.39. The molecule has 0 radical (unpaired) electrons. The number of likely N-dealkylation sites (N-methyl/N-ethyl adjacent to an activating group) is 1. The van der Waals surface area contributed by atoms with Crippen molar-refractivity contribution in [2.45, 2.75) is 208 Å². The highest BCUT2D eigenvalue weighted by molar-refractivity contribution is 5.77. The highest BCUT2D eigenvalue weighted by Crippen LogP contribution is 2.42. The lowest BCUT2D eigenvalue weighted by atomic mass is 9.73. The number of ether oxygens (including phenoxy) is 6. The van der Waals surface area contributed by atoms with Crippen molar-refractivity contribution in [3.05, 3.63) is 24.3 Å². The van der Waals surface area contributed by atoms with Gasteiger partial charge in [-0.2, -0.15) is 0 Å². The summed E-state index contributed by atoms with van der Waals surface area (Å²) in [7, 11) is 3.63. The summed E-state index contributed by atoms with van der Waals surface area (Å²) in [5.74, 6) is 0.200. The Morgan fingerprint density at radius 2 is 1.54 bits per heavy atom. The largest absolute Gasteiger partial charge is 0.492 e. The van der Waals surface area contributed by atoms with Gasteiger partial charge in [0.1, 0.15) is 34.8 Å². The van der Waals surface area contributed by atoms with Gasteiger partial charge in [-0.25, -0.2) is 9.59 Å². The van der Waals surface area contributed by atoms with Gasteiger partial charge in [-0.1, -0.05) is 41.5 Å². The van der Waals surface area contributed by atoms with E-state index >= 15 is 0 Å². The fourth-order valence-electron chi connectivity index (χ4n) is 9.48. The van der Waals surface area contributed by atoms with Crippen LogP contribution in [0.1, 0.15) is 136 Å². The highest BCUT2D eigenvalue weighted by atomic mass is 16.7. The molecule has 0 spiro atoms. The van der Waals surface area contributed by atoms with E-state index in [9.17, 15) is 29.7 Å². The van der Waals surface area contributed by atoms with Gasteiger partial charge in [0.15, 0.2) is 12.2 Å². The number of carbonyl (C=O) groups excluding carboxylic acids is 3. The summed E-state index contributed by atoms with van der Waals surface area (Å²) >= 11 is 0. The van der Waals surface area contributed by atoms with Crippen molar-refractivity contribution in [2.24, 2.45) is 22.7 Å². The lowest BCUT2D eigenvalue weighted by Crippen LogP contribution is -2.65. The van der Waals surface area contributed by atoms with E-state index in [4.69, 9.17) is 28.4 Å². The third kappa shape index (κ3) is 20.0. The monoisotopic (exact) mass is 983 g/mol. The Morgan fingerprint density at radius 3 is 2.12 bits per heavy atom. The number of amides is 3. The number of hydrogen-bond donors (Lipinski definition) is 7. The molecule has 3 aliphatic rings. The molecular formula is C51H94N6O12. The highest BCUT2D eigenvalue weighted by Gasteiger charge is 2.51. The summed E-state index contributed by atoms with van der Waals surface area (Å²) < 4.78 is 37.8. The minimum atomic E-state index is -1.17. The molecule has 0 aromatic rings. The van der Waals surface area contributed by atoms with Crippen LogP contribution in [-0.4, -0.2) is 168 Å². The number of nitrogens with one attached hydrogen (secondary N) is 4. The molecule has 1 saturated heterocycles. The van der Waals surface area contributed by atoms with Crippen LogP contribution in [0.2, 0.25) is 0 Å². The molecule has 3 amide bonds. The van der Waals surface area contributed by atoms with Gasteiger partial charge in [-0.05, 0) is 106 Å². The quantitative estimate of drug-likeness (QED) is 0.0761. The van der Waals surface area contributed by atoms with Gasteiger partial charge in [0, 0.05) is 75.5 Å².